The van der Waals surface area contributed by atoms with Crippen LogP contribution in [0.2, 0.25) is 0 Å². The molecular weight excluding hydrogens is 613 g/mol. The Morgan fingerprint density at radius 2 is 0.529 bits per heavy atom. The number of hydrogen-bond donors (Lipinski definition) is 0. The van der Waals surface area contributed by atoms with Gasteiger partial charge in [-0.05, 0) is 103 Å². The zero-order valence-electron chi connectivity index (χ0n) is 28.5. The molecule has 0 N–H and O–H groups in total. The third-order valence-corrected chi connectivity index (χ3v) is 10.7. The van der Waals surface area contributed by atoms with Crippen LogP contribution in [0.1, 0.15) is 22.3 Å². The van der Waals surface area contributed by atoms with Gasteiger partial charge in [0.25, 0.3) is 0 Å². The highest BCUT2D eigenvalue weighted by molar-refractivity contribution is 5.87. The first-order chi connectivity index (χ1) is 25.2. The predicted octanol–water partition coefficient (Wildman–Crippen LogP) is 13.1. The van der Waals surface area contributed by atoms with Crippen LogP contribution in [0.25, 0.3) is 55.6 Å². The smallest absolute Gasteiger partial charge is 0.0296 e. The molecule has 0 atom stereocenters. The summed E-state index contributed by atoms with van der Waals surface area (Å²) >= 11 is 0. The maximum absolute atomic E-state index is 2.49. The first-order valence-electron chi connectivity index (χ1n) is 17.9. The number of hydrogen-bond acceptors (Lipinski definition) is 0. The molecule has 1 aliphatic rings. The molecule has 0 radical (unpaired) electrons. The van der Waals surface area contributed by atoms with E-state index in [9.17, 15) is 0 Å². The Balaban J connectivity index is 1.19. The van der Waals surface area contributed by atoms with Crippen molar-refractivity contribution in [3.05, 3.63) is 229 Å². The normalized spacial score (nSPS) is 12.6. The van der Waals surface area contributed by atoms with E-state index in [1.54, 1.807) is 0 Å². The Kier molecular flexibility index (Phi) is 7.99. The van der Waals surface area contributed by atoms with Crippen LogP contribution in [0.3, 0.4) is 0 Å². The van der Waals surface area contributed by atoms with Crippen molar-refractivity contribution in [1.82, 2.24) is 0 Å². The molecule has 9 rings (SSSR count). The van der Waals surface area contributed by atoms with Crippen LogP contribution in [0, 0.1) is 0 Å². The molecule has 0 heterocycles. The molecule has 1 aliphatic carbocycles. The van der Waals surface area contributed by atoms with Crippen molar-refractivity contribution in [3.8, 4) is 55.6 Å². The van der Waals surface area contributed by atoms with Crippen molar-refractivity contribution < 1.29 is 0 Å². The van der Waals surface area contributed by atoms with Crippen LogP contribution < -0.4 is 0 Å². The molecule has 0 aliphatic heterocycles. The van der Waals surface area contributed by atoms with Gasteiger partial charge in [0.1, 0.15) is 0 Å². The monoisotopic (exact) mass is 650 g/mol. The summed E-state index contributed by atoms with van der Waals surface area (Å²) in [6.45, 7) is 0. The Morgan fingerprint density at radius 3 is 0.882 bits per heavy atom. The number of fused-ring (bicyclic) bond motifs is 3. The van der Waals surface area contributed by atoms with E-state index in [1.165, 1.54) is 77.9 Å². The minimum Gasteiger partial charge on any atom is -0.0622 e. The highest BCUT2D eigenvalue weighted by atomic mass is 14.5. The molecule has 0 aromatic heterocycles. The van der Waals surface area contributed by atoms with Gasteiger partial charge in [-0.25, -0.2) is 0 Å². The molecule has 0 heteroatoms. The van der Waals surface area contributed by atoms with Crippen molar-refractivity contribution in [2.45, 2.75) is 18.3 Å². The van der Waals surface area contributed by atoms with Gasteiger partial charge in [-0.3, -0.25) is 0 Å². The summed E-state index contributed by atoms with van der Waals surface area (Å²) in [7, 11) is 0. The Morgan fingerprint density at radius 1 is 0.255 bits per heavy atom. The Hall–Kier alpha value is -6.24. The lowest BCUT2D eigenvalue weighted by molar-refractivity contribution is 0.520. The maximum Gasteiger partial charge on any atom is 0.0296 e. The molecule has 8 aromatic carbocycles. The lowest BCUT2D eigenvalue weighted by Crippen LogP contribution is -2.31. The first kappa shape index (κ1) is 30.8. The van der Waals surface area contributed by atoms with E-state index in [4.69, 9.17) is 0 Å². The van der Waals surface area contributed by atoms with Gasteiger partial charge in [0.2, 0.25) is 0 Å². The second kappa shape index (κ2) is 13.2. The van der Waals surface area contributed by atoms with Gasteiger partial charge < -0.3 is 0 Å². The van der Waals surface area contributed by atoms with Crippen molar-refractivity contribution in [2.75, 3.05) is 0 Å². The largest absolute Gasteiger partial charge is 0.0622 e. The number of rotatable bonds is 8. The zero-order valence-corrected chi connectivity index (χ0v) is 28.5. The highest BCUT2D eigenvalue weighted by Crippen LogP contribution is 2.54. The summed E-state index contributed by atoms with van der Waals surface area (Å²) in [4.78, 5) is 0. The lowest BCUT2D eigenvalue weighted by atomic mass is 9.69. The molecule has 0 unspecified atom stereocenters. The number of benzene rings is 8. The Bertz CT molecular complexity index is 2230. The molecule has 0 spiro atoms. The van der Waals surface area contributed by atoms with E-state index >= 15 is 0 Å². The minimum absolute atomic E-state index is 0.257. The van der Waals surface area contributed by atoms with E-state index in [-0.39, 0.29) is 5.41 Å². The molecule has 0 fully saturated rings. The first-order valence-corrected chi connectivity index (χ1v) is 17.9. The summed E-state index contributed by atoms with van der Waals surface area (Å²) in [5.41, 5.74) is 17.9. The van der Waals surface area contributed by atoms with Crippen molar-refractivity contribution in [3.63, 3.8) is 0 Å². The fourth-order valence-corrected chi connectivity index (χ4v) is 8.16. The topological polar surface area (TPSA) is 0 Å². The van der Waals surface area contributed by atoms with Gasteiger partial charge >= 0.3 is 0 Å². The summed E-state index contributed by atoms with van der Waals surface area (Å²) < 4.78 is 0. The SMILES string of the molecule is c1ccc(CC2(Cc3ccccc3)c3cc(-c4ccc(-c5ccccc5)cc4)ccc3-c3ccc(-c4ccc(-c5ccccc5)cc4)cc32)cc1. The fraction of sp³-hybridized carbons (Fsp3) is 0.0588. The molecule has 8 aromatic rings. The molecule has 242 valence electrons. The predicted molar refractivity (Wildman–Crippen MR) is 215 cm³/mol. The maximum atomic E-state index is 2.49. The quantitative estimate of drug-likeness (QED) is 0.154. The van der Waals surface area contributed by atoms with Crippen LogP contribution in [0.5, 0.6) is 0 Å². The summed E-state index contributed by atoms with van der Waals surface area (Å²) in [6, 6.07) is 75.9. The molecule has 0 bridgehead atoms. The molecule has 0 amide bonds. The van der Waals surface area contributed by atoms with Crippen LogP contribution in [0.15, 0.2) is 206 Å². The van der Waals surface area contributed by atoms with Crippen LogP contribution >= 0.6 is 0 Å². The van der Waals surface area contributed by atoms with E-state index in [2.05, 4.69) is 206 Å². The van der Waals surface area contributed by atoms with Crippen molar-refractivity contribution in [1.29, 1.82) is 0 Å². The standard InChI is InChI=1S/C51H38/c1-5-13-37(14-6-1)35-51(36-38-15-7-2-8-16-38)49-33-45(43-25-21-41(22-26-43)39-17-9-3-10-18-39)29-31-47(49)48-32-30-46(34-50(48)51)44-27-23-42(24-28-44)40-19-11-4-12-20-40/h1-34H,35-36H2. The van der Waals surface area contributed by atoms with Crippen LogP contribution in [0.4, 0.5) is 0 Å². The summed E-state index contributed by atoms with van der Waals surface area (Å²) in [5, 5.41) is 0. The summed E-state index contributed by atoms with van der Waals surface area (Å²) in [5.74, 6) is 0. The third-order valence-electron chi connectivity index (χ3n) is 10.7. The minimum atomic E-state index is -0.257. The average molecular weight is 651 g/mol. The van der Waals surface area contributed by atoms with Gasteiger partial charge in [0, 0.05) is 5.41 Å². The van der Waals surface area contributed by atoms with E-state index in [0.717, 1.165) is 12.8 Å². The second-order valence-corrected chi connectivity index (χ2v) is 13.8. The second-order valence-electron chi connectivity index (χ2n) is 13.8. The molecular formula is C51H38. The molecule has 0 nitrogen and oxygen atoms in total. The fourth-order valence-electron chi connectivity index (χ4n) is 8.16. The van der Waals surface area contributed by atoms with Crippen molar-refractivity contribution in [2.24, 2.45) is 0 Å². The zero-order chi connectivity index (χ0) is 34.0. The van der Waals surface area contributed by atoms with E-state index < -0.39 is 0 Å². The van der Waals surface area contributed by atoms with Gasteiger partial charge in [0.05, 0.1) is 0 Å². The molecule has 0 saturated carbocycles. The molecule has 51 heavy (non-hydrogen) atoms. The van der Waals surface area contributed by atoms with Crippen LogP contribution in [-0.4, -0.2) is 0 Å². The van der Waals surface area contributed by atoms with Gasteiger partial charge in [-0.15, -0.1) is 0 Å². The average Bonchev–Trinajstić information content (AvgIpc) is 3.47. The molecule has 0 saturated heterocycles. The van der Waals surface area contributed by atoms with E-state index in [1.807, 2.05) is 0 Å². The highest BCUT2D eigenvalue weighted by Gasteiger charge is 2.43. The van der Waals surface area contributed by atoms with Gasteiger partial charge in [-0.2, -0.15) is 0 Å². The van der Waals surface area contributed by atoms with Gasteiger partial charge in [-0.1, -0.05) is 194 Å². The van der Waals surface area contributed by atoms with E-state index in [0.29, 0.717) is 0 Å². The lowest BCUT2D eigenvalue weighted by Gasteiger charge is -2.33. The van der Waals surface area contributed by atoms with Crippen LogP contribution in [-0.2, 0) is 18.3 Å². The van der Waals surface area contributed by atoms with Gasteiger partial charge in [0.15, 0.2) is 0 Å². The van der Waals surface area contributed by atoms with Crippen molar-refractivity contribution >= 4 is 0 Å². The Labute approximate surface area is 301 Å². The summed E-state index contributed by atoms with van der Waals surface area (Å²) in [6.07, 6.45) is 1.82. The third kappa shape index (κ3) is 5.90.